The summed E-state index contributed by atoms with van der Waals surface area (Å²) in [7, 11) is 0. The molecular formula is C9H14O4. The van der Waals surface area contributed by atoms with Crippen molar-refractivity contribution in [1.29, 1.82) is 0 Å². The summed E-state index contributed by atoms with van der Waals surface area (Å²) in [6.07, 6.45) is 0. The van der Waals surface area contributed by atoms with Crippen LogP contribution < -0.4 is 0 Å². The number of carbonyl (C=O) groups excluding carboxylic acids is 2. The van der Waals surface area contributed by atoms with E-state index in [1.165, 1.54) is 6.92 Å². The topological polar surface area (TPSA) is 52.6 Å². The molecule has 0 aliphatic carbocycles. The lowest BCUT2D eigenvalue weighted by molar-refractivity contribution is -0.150. The van der Waals surface area contributed by atoms with Crippen LogP contribution in [0.4, 0.5) is 0 Å². The second-order valence-corrected chi connectivity index (χ2v) is 3.11. The van der Waals surface area contributed by atoms with E-state index < -0.39 is 5.92 Å². The van der Waals surface area contributed by atoms with Crippen molar-refractivity contribution in [3.05, 3.63) is 0 Å². The van der Waals surface area contributed by atoms with Crippen LogP contribution in [0.15, 0.2) is 0 Å². The van der Waals surface area contributed by atoms with Gasteiger partial charge in [-0.3, -0.25) is 9.59 Å². The highest BCUT2D eigenvalue weighted by Crippen LogP contribution is 2.22. The molecule has 1 rings (SSSR count). The van der Waals surface area contributed by atoms with E-state index in [1.807, 2.05) is 0 Å². The van der Waals surface area contributed by atoms with E-state index in [-0.39, 0.29) is 17.7 Å². The number of rotatable bonds is 3. The second kappa shape index (κ2) is 4.37. The Morgan fingerprint density at radius 3 is 2.54 bits per heavy atom. The molecule has 2 unspecified atom stereocenters. The third-order valence-corrected chi connectivity index (χ3v) is 2.19. The van der Waals surface area contributed by atoms with Gasteiger partial charge in [0, 0.05) is 0 Å². The highest BCUT2D eigenvalue weighted by molar-refractivity contribution is 5.85. The summed E-state index contributed by atoms with van der Waals surface area (Å²) in [6.45, 7) is 4.23. The van der Waals surface area contributed by atoms with Gasteiger partial charge in [0.25, 0.3) is 0 Å². The Labute approximate surface area is 77.2 Å². The highest BCUT2D eigenvalue weighted by atomic mass is 16.5. The molecule has 4 heteroatoms. The van der Waals surface area contributed by atoms with Gasteiger partial charge >= 0.3 is 5.97 Å². The van der Waals surface area contributed by atoms with Gasteiger partial charge in [-0.15, -0.1) is 0 Å². The van der Waals surface area contributed by atoms with E-state index in [0.29, 0.717) is 19.8 Å². The van der Waals surface area contributed by atoms with Crippen molar-refractivity contribution in [2.45, 2.75) is 13.8 Å². The largest absolute Gasteiger partial charge is 0.466 e. The fourth-order valence-electron chi connectivity index (χ4n) is 1.44. The van der Waals surface area contributed by atoms with E-state index in [1.54, 1.807) is 6.92 Å². The van der Waals surface area contributed by atoms with Crippen LogP contribution in [0, 0.1) is 11.8 Å². The number of hydrogen-bond donors (Lipinski definition) is 0. The zero-order valence-electron chi connectivity index (χ0n) is 7.91. The first kappa shape index (κ1) is 10.2. The Morgan fingerprint density at radius 1 is 1.38 bits per heavy atom. The molecule has 1 aliphatic rings. The standard InChI is InChI=1S/C9H14O4/c1-3-13-9(11)8-5-12-4-7(8)6(2)10/h7-8H,3-5H2,1-2H3. The number of ether oxygens (including phenoxy) is 2. The Morgan fingerprint density at radius 2 is 2.00 bits per heavy atom. The predicted molar refractivity (Wildman–Crippen MR) is 45.1 cm³/mol. The van der Waals surface area contributed by atoms with Crippen LogP contribution in [-0.4, -0.2) is 31.6 Å². The molecule has 4 nitrogen and oxygen atoms in total. The minimum Gasteiger partial charge on any atom is -0.466 e. The van der Waals surface area contributed by atoms with Gasteiger partial charge in [0.1, 0.15) is 5.78 Å². The van der Waals surface area contributed by atoms with Crippen LogP contribution in [-0.2, 0) is 19.1 Å². The molecule has 1 aliphatic heterocycles. The highest BCUT2D eigenvalue weighted by Gasteiger charge is 2.37. The molecule has 13 heavy (non-hydrogen) atoms. The fraction of sp³-hybridized carbons (Fsp3) is 0.778. The van der Waals surface area contributed by atoms with Crippen molar-refractivity contribution in [2.75, 3.05) is 19.8 Å². The molecule has 0 saturated carbocycles. The average Bonchev–Trinajstić information content (AvgIpc) is 2.52. The molecule has 1 heterocycles. The summed E-state index contributed by atoms with van der Waals surface area (Å²) in [5.41, 5.74) is 0. The molecule has 0 aromatic carbocycles. The first-order chi connectivity index (χ1) is 6.16. The lowest BCUT2D eigenvalue weighted by atomic mass is 9.93. The molecule has 2 atom stereocenters. The van der Waals surface area contributed by atoms with Crippen LogP contribution in [0.1, 0.15) is 13.8 Å². The minimum absolute atomic E-state index is 0.00412. The summed E-state index contributed by atoms with van der Waals surface area (Å²) < 4.78 is 9.91. The molecule has 0 spiro atoms. The van der Waals surface area contributed by atoms with E-state index >= 15 is 0 Å². The maximum atomic E-state index is 11.3. The summed E-state index contributed by atoms with van der Waals surface area (Å²) in [5.74, 6) is -1.02. The molecule has 1 fully saturated rings. The van der Waals surface area contributed by atoms with Crippen molar-refractivity contribution < 1.29 is 19.1 Å². The lowest BCUT2D eigenvalue weighted by Crippen LogP contribution is -2.28. The van der Waals surface area contributed by atoms with E-state index in [0.717, 1.165) is 0 Å². The molecule has 1 saturated heterocycles. The Hall–Kier alpha value is -0.900. The van der Waals surface area contributed by atoms with Crippen molar-refractivity contribution in [2.24, 2.45) is 11.8 Å². The van der Waals surface area contributed by atoms with Crippen LogP contribution in [0.3, 0.4) is 0 Å². The van der Waals surface area contributed by atoms with Crippen LogP contribution in [0.2, 0.25) is 0 Å². The normalized spacial score (nSPS) is 27.2. The van der Waals surface area contributed by atoms with Gasteiger partial charge in [-0.2, -0.15) is 0 Å². The van der Waals surface area contributed by atoms with Crippen LogP contribution >= 0.6 is 0 Å². The van der Waals surface area contributed by atoms with Crippen molar-refractivity contribution >= 4 is 11.8 Å². The van der Waals surface area contributed by atoms with Gasteiger partial charge in [-0.1, -0.05) is 0 Å². The maximum Gasteiger partial charge on any atom is 0.312 e. The molecule has 0 N–H and O–H groups in total. The lowest BCUT2D eigenvalue weighted by Gasteiger charge is -2.12. The first-order valence-corrected chi connectivity index (χ1v) is 4.41. The Balaban J connectivity index is 2.57. The maximum absolute atomic E-state index is 11.3. The Bertz CT molecular complexity index is 212. The monoisotopic (exact) mass is 186 g/mol. The zero-order valence-corrected chi connectivity index (χ0v) is 7.91. The molecule has 0 radical (unpaired) electrons. The van der Waals surface area contributed by atoms with E-state index in [9.17, 15) is 9.59 Å². The average molecular weight is 186 g/mol. The number of ketones is 1. The first-order valence-electron chi connectivity index (χ1n) is 4.41. The summed E-state index contributed by atoms with van der Waals surface area (Å²) in [5, 5.41) is 0. The summed E-state index contributed by atoms with van der Waals surface area (Å²) >= 11 is 0. The molecule has 0 bridgehead atoms. The van der Waals surface area contributed by atoms with Gasteiger partial charge in [0.15, 0.2) is 0 Å². The van der Waals surface area contributed by atoms with Crippen molar-refractivity contribution in [1.82, 2.24) is 0 Å². The molecule has 0 amide bonds. The van der Waals surface area contributed by atoms with Gasteiger partial charge < -0.3 is 9.47 Å². The minimum atomic E-state index is -0.391. The SMILES string of the molecule is CCOC(=O)C1COCC1C(C)=O. The van der Waals surface area contributed by atoms with Crippen molar-refractivity contribution in [3.63, 3.8) is 0 Å². The smallest absolute Gasteiger partial charge is 0.312 e. The number of carbonyl (C=O) groups is 2. The van der Waals surface area contributed by atoms with Gasteiger partial charge in [0.2, 0.25) is 0 Å². The van der Waals surface area contributed by atoms with Crippen LogP contribution in [0.25, 0.3) is 0 Å². The fourth-order valence-corrected chi connectivity index (χ4v) is 1.44. The van der Waals surface area contributed by atoms with E-state index in [4.69, 9.17) is 9.47 Å². The molecule has 0 aromatic rings. The number of Topliss-reactive ketones (excluding diaryl/α,β-unsaturated/α-hetero) is 1. The zero-order chi connectivity index (χ0) is 9.84. The summed E-state index contributed by atoms with van der Waals surface area (Å²) in [4.78, 5) is 22.4. The molecule has 74 valence electrons. The Kier molecular flexibility index (Phi) is 3.42. The van der Waals surface area contributed by atoms with Crippen LogP contribution in [0.5, 0.6) is 0 Å². The molecule has 0 aromatic heterocycles. The predicted octanol–water partition coefficient (Wildman–Crippen LogP) is 0.401. The van der Waals surface area contributed by atoms with E-state index in [2.05, 4.69) is 0 Å². The van der Waals surface area contributed by atoms with Gasteiger partial charge in [-0.25, -0.2) is 0 Å². The van der Waals surface area contributed by atoms with Gasteiger partial charge in [-0.05, 0) is 13.8 Å². The molecular weight excluding hydrogens is 172 g/mol. The third kappa shape index (κ3) is 2.28. The quantitative estimate of drug-likeness (QED) is 0.599. The number of esters is 1. The van der Waals surface area contributed by atoms with Crippen molar-refractivity contribution in [3.8, 4) is 0 Å². The third-order valence-electron chi connectivity index (χ3n) is 2.19. The van der Waals surface area contributed by atoms with Gasteiger partial charge in [0.05, 0.1) is 31.7 Å². The second-order valence-electron chi connectivity index (χ2n) is 3.11. The number of hydrogen-bond acceptors (Lipinski definition) is 4. The summed E-state index contributed by atoms with van der Waals surface area (Å²) in [6, 6.07) is 0.